The molecule has 0 aromatic heterocycles. The Balaban J connectivity index is 4.40. The number of rotatable bonds is 9. The van der Waals surface area contributed by atoms with Gasteiger partial charge in [-0.05, 0) is 25.3 Å². The van der Waals surface area contributed by atoms with Crippen LogP contribution in [0.1, 0.15) is 33.1 Å². The highest BCUT2D eigenvalue weighted by Crippen LogP contribution is 2.15. The topological polar surface area (TPSA) is 58.2 Å². The molecule has 0 aliphatic carbocycles. The van der Waals surface area contributed by atoms with Gasteiger partial charge in [0.25, 0.3) is 0 Å². The van der Waals surface area contributed by atoms with Gasteiger partial charge in [0.1, 0.15) is 5.50 Å². The van der Waals surface area contributed by atoms with Crippen LogP contribution in [0.15, 0.2) is 11.6 Å². The lowest BCUT2D eigenvalue weighted by Crippen LogP contribution is -2.30. The smallest absolute Gasteiger partial charge is 0.208 e. The molecule has 0 aromatic carbocycles. The lowest BCUT2D eigenvalue weighted by Gasteiger charge is -2.17. The van der Waals surface area contributed by atoms with E-state index in [4.69, 9.17) is 11.6 Å². The van der Waals surface area contributed by atoms with Crippen molar-refractivity contribution >= 4 is 24.4 Å². The third-order valence-electron chi connectivity index (χ3n) is 2.13. The molecule has 0 aliphatic rings. The van der Waals surface area contributed by atoms with Crippen molar-refractivity contribution in [3.8, 4) is 0 Å². The fourth-order valence-electron chi connectivity index (χ4n) is 1.32. The lowest BCUT2D eigenvalue weighted by atomic mass is 10.1. The molecular formula is C11H19ClN2O2. The second-order valence-electron chi connectivity index (χ2n) is 3.60. The number of amides is 2. The monoisotopic (exact) mass is 246 g/mol. The van der Waals surface area contributed by atoms with E-state index in [1.54, 1.807) is 0 Å². The highest BCUT2D eigenvalue weighted by molar-refractivity contribution is 6.22. The van der Waals surface area contributed by atoms with E-state index < -0.39 is 5.50 Å². The molecule has 0 aliphatic heterocycles. The standard InChI is InChI=1S/C11H19ClN2O2/c1-3-4-5-10(11(12)14-8-16)6-9(2)13-7-15/h5,7-9,11H,3-4,6H2,1-2H3,(H,13,15)(H,14,16). The minimum absolute atomic E-state index is 0.00954. The highest BCUT2D eigenvalue weighted by atomic mass is 35.5. The second-order valence-corrected chi connectivity index (χ2v) is 4.04. The predicted octanol–water partition coefficient (Wildman–Crippen LogP) is 1.55. The summed E-state index contributed by atoms with van der Waals surface area (Å²) in [5.41, 5.74) is 0.428. The molecule has 2 amide bonds. The van der Waals surface area contributed by atoms with Gasteiger partial charge in [-0.15, -0.1) is 0 Å². The molecule has 92 valence electrons. The summed E-state index contributed by atoms with van der Waals surface area (Å²) < 4.78 is 0. The molecule has 0 bridgehead atoms. The average Bonchev–Trinajstić information content (AvgIpc) is 2.24. The third-order valence-corrected chi connectivity index (χ3v) is 2.54. The van der Waals surface area contributed by atoms with Crippen LogP contribution in [0.2, 0.25) is 0 Å². The highest BCUT2D eigenvalue weighted by Gasteiger charge is 2.12. The van der Waals surface area contributed by atoms with Crippen molar-refractivity contribution in [2.24, 2.45) is 0 Å². The Morgan fingerprint density at radius 3 is 2.44 bits per heavy atom. The molecule has 2 N–H and O–H groups in total. The van der Waals surface area contributed by atoms with E-state index in [2.05, 4.69) is 17.6 Å². The molecule has 0 rings (SSSR count). The van der Waals surface area contributed by atoms with Crippen molar-refractivity contribution in [3.63, 3.8) is 0 Å². The SMILES string of the molecule is CCCC=C(CC(C)NC=O)C(Cl)NC=O. The van der Waals surface area contributed by atoms with Gasteiger partial charge in [-0.1, -0.05) is 31.0 Å². The number of carbonyl (C=O) groups excluding carboxylic acids is 2. The molecule has 0 radical (unpaired) electrons. The Hall–Kier alpha value is -1.03. The molecule has 0 spiro atoms. The Bertz CT molecular complexity index is 244. The summed E-state index contributed by atoms with van der Waals surface area (Å²) in [5.74, 6) is 0. The van der Waals surface area contributed by atoms with Crippen LogP contribution >= 0.6 is 11.6 Å². The molecule has 5 heteroatoms. The number of alkyl halides is 1. The van der Waals surface area contributed by atoms with Crippen molar-refractivity contribution in [3.05, 3.63) is 11.6 Å². The Morgan fingerprint density at radius 2 is 1.94 bits per heavy atom. The number of nitrogens with one attached hydrogen (secondary N) is 2. The number of halogens is 1. The normalized spacial score (nSPS) is 15.1. The number of allylic oxidation sites excluding steroid dienone is 1. The van der Waals surface area contributed by atoms with Crippen LogP contribution in [-0.4, -0.2) is 24.4 Å². The zero-order chi connectivity index (χ0) is 12.4. The molecule has 0 aromatic rings. The first-order valence-electron chi connectivity index (χ1n) is 5.38. The van der Waals surface area contributed by atoms with Crippen molar-refractivity contribution in [2.75, 3.05) is 0 Å². The van der Waals surface area contributed by atoms with E-state index in [-0.39, 0.29) is 6.04 Å². The summed E-state index contributed by atoms with van der Waals surface area (Å²) in [6.07, 6.45) is 5.81. The minimum atomic E-state index is -0.500. The van der Waals surface area contributed by atoms with E-state index >= 15 is 0 Å². The van der Waals surface area contributed by atoms with E-state index in [1.807, 2.05) is 13.0 Å². The van der Waals surface area contributed by atoms with Crippen LogP contribution in [0.5, 0.6) is 0 Å². The summed E-state index contributed by atoms with van der Waals surface area (Å²) in [5, 5.41) is 5.16. The van der Waals surface area contributed by atoms with Crippen LogP contribution < -0.4 is 10.6 Å². The van der Waals surface area contributed by atoms with E-state index in [0.29, 0.717) is 19.2 Å². The maximum atomic E-state index is 10.3. The van der Waals surface area contributed by atoms with Gasteiger partial charge >= 0.3 is 0 Å². The van der Waals surface area contributed by atoms with Gasteiger partial charge in [-0.2, -0.15) is 0 Å². The van der Waals surface area contributed by atoms with Gasteiger partial charge in [0.15, 0.2) is 0 Å². The molecule has 0 saturated heterocycles. The third kappa shape index (κ3) is 6.45. The maximum Gasteiger partial charge on any atom is 0.208 e. The van der Waals surface area contributed by atoms with Crippen molar-refractivity contribution in [1.82, 2.24) is 10.6 Å². The second kappa shape index (κ2) is 9.21. The van der Waals surface area contributed by atoms with E-state index in [0.717, 1.165) is 18.4 Å². The van der Waals surface area contributed by atoms with E-state index in [9.17, 15) is 9.59 Å². The molecule has 16 heavy (non-hydrogen) atoms. The first-order chi connectivity index (χ1) is 7.65. The van der Waals surface area contributed by atoms with Crippen LogP contribution in [0, 0.1) is 0 Å². The summed E-state index contributed by atoms with van der Waals surface area (Å²) in [4.78, 5) is 20.6. The van der Waals surface area contributed by atoms with Crippen LogP contribution in [-0.2, 0) is 9.59 Å². The maximum absolute atomic E-state index is 10.3. The van der Waals surface area contributed by atoms with Gasteiger partial charge in [0.05, 0.1) is 0 Å². The van der Waals surface area contributed by atoms with Crippen molar-refractivity contribution < 1.29 is 9.59 Å². The predicted molar refractivity (Wildman–Crippen MR) is 65.1 cm³/mol. The number of hydrogen-bond donors (Lipinski definition) is 2. The van der Waals surface area contributed by atoms with Crippen molar-refractivity contribution in [2.45, 2.75) is 44.7 Å². The number of carbonyl (C=O) groups is 2. The first kappa shape index (κ1) is 15.0. The fourth-order valence-corrected chi connectivity index (χ4v) is 1.55. The van der Waals surface area contributed by atoms with Gasteiger partial charge in [-0.25, -0.2) is 0 Å². The quantitative estimate of drug-likeness (QED) is 0.281. The van der Waals surface area contributed by atoms with Gasteiger partial charge in [0, 0.05) is 6.04 Å². The molecule has 2 unspecified atom stereocenters. The molecule has 4 nitrogen and oxygen atoms in total. The van der Waals surface area contributed by atoms with Gasteiger partial charge in [-0.3, -0.25) is 9.59 Å². The van der Waals surface area contributed by atoms with Crippen molar-refractivity contribution in [1.29, 1.82) is 0 Å². The Labute approximate surface area is 101 Å². The zero-order valence-corrected chi connectivity index (χ0v) is 10.5. The van der Waals surface area contributed by atoms with Crippen LogP contribution in [0.3, 0.4) is 0 Å². The summed E-state index contributed by atoms with van der Waals surface area (Å²) in [7, 11) is 0. The van der Waals surface area contributed by atoms with E-state index in [1.165, 1.54) is 0 Å². The average molecular weight is 247 g/mol. The molecular weight excluding hydrogens is 228 g/mol. The minimum Gasteiger partial charge on any atom is -0.356 e. The first-order valence-corrected chi connectivity index (χ1v) is 5.81. The summed E-state index contributed by atoms with van der Waals surface area (Å²) in [6.45, 7) is 3.95. The van der Waals surface area contributed by atoms with Gasteiger partial charge in [0.2, 0.25) is 12.8 Å². The molecule has 2 atom stereocenters. The Kier molecular flexibility index (Phi) is 8.62. The van der Waals surface area contributed by atoms with Crippen LogP contribution in [0.4, 0.5) is 0 Å². The fraction of sp³-hybridized carbons (Fsp3) is 0.636. The number of unbranched alkanes of at least 4 members (excludes halogenated alkanes) is 1. The van der Waals surface area contributed by atoms with Gasteiger partial charge < -0.3 is 10.6 Å². The summed E-state index contributed by atoms with van der Waals surface area (Å²) in [6, 6.07) is 0.00954. The largest absolute Gasteiger partial charge is 0.356 e. The Morgan fingerprint density at radius 1 is 1.31 bits per heavy atom. The zero-order valence-electron chi connectivity index (χ0n) is 9.70. The molecule has 0 fully saturated rings. The summed E-state index contributed by atoms with van der Waals surface area (Å²) >= 11 is 6.00. The molecule has 0 saturated carbocycles. The lowest BCUT2D eigenvalue weighted by molar-refractivity contribution is -0.110. The van der Waals surface area contributed by atoms with Crippen LogP contribution in [0.25, 0.3) is 0 Å². The molecule has 0 heterocycles. The number of hydrogen-bond acceptors (Lipinski definition) is 2.